The van der Waals surface area contributed by atoms with Crippen molar-refractivity contribution in [3.63, 3.8) is 0 Å². The molecule has 3 heterocycles. The maximum absolute atomic E-state index is 9.57. The summed E-state index contributed by atoms with van der Waals surface area (Å²) >= 11 is 0. The Morgan fingerprint density at radius 1 is 1.17 bits per heavy atom. The molecule has 0 saturated heterocycles. The lowest BCUT2D eigenvalue weighted by atomic mass is 10.0. The van der Waals surface area contributed by atoms with Gasteiger partial charge in [0.25, 0.3) is 0 Å². The fraction of sp³-hybridized carbons (Fsp3) is 0.368. The van der Waals surface area contributed by atoms with Gasteiger partial charge in [0, 0.05) is 24.5 Å². The molecule has 0 aliphatic rings. The van der Waals surface area contributed by atoms with Crippen molar-refractivity contribution < 1.29 is 0 Å². The molecule has 0 aliphatic heterocycles. The van der Waals surface area contributed by atoms with Crippen molar-refractivity contribution in [1.29, 1.82) is 5.26 Å². The van der Waals surface area contributed by atoms with Gasteiger partial charge in [0.1, 0.15) is 17.5 Å². The minimum Gasteiger partial charge on any atom is -0.327 e. The number of pyridine rings is 1. The molecule has 122 valence electrons. The van der Waals surface area contributed by atoms with Crippen molar-refractivity contribution in [1.82, 2.24) is 19.5 Å². The Hall–Kier alpha value is -2.74. The zero-order valence-corrected chi connectivity index (χ0v) is 14.5. The third kappa shape index (κ3) is 2.88. The molecule has 0 atom stereocenters. The summed E-state index contributed by atoms with van der Waals surface area (Å²) in [5.41, 5.74) is 3.49. The van der Waals surface area contributed by atoms with Gasteiger partial charge in [0.2, 0.25) is 0 Å². The maximum Gasteiger partial charge on any atom is 0.145 e. The molecule has 24 heavy (non-hydrogen) atoms. The van der Waals surface area contributed by atoms with Gasteiger partial charge < -0.3 is 4.57 Å². The lowest BCUT2D eigenvalue weighted by Gasteiger charge is -2.12. The first-order chi connectivity index (χ1) is 11.5. The van der Waals surface area contributed by atoms with Gasteiger partial charge in [0.15, 0.2) is 0 Å². The monoisotopic (exact) mass is 319 g/mol. The fourth-order valence-electron chi connectivity index (χ4n) is 2.80. The average molecular weight is 319 g/mol. The lowest BCUT2D eigenvalue weighted by molar-refractivity contribution is 0.731. The van der Waals surface area contributed by atoms with Crippen LogP contribution in [0.5, 0.6) is 0 Å². The van der Waals surface area contributed by atoms with Crippen molar-refractivity contribution in [3.05, 3.63) is 53.4 Å². The summed E-state index contributed by atoms with van der Waals surface area (Å²) in [7, 11) is 0. The highest BCUT2D eigenvalue weighted by atomic mass is 15.1. The standard InChI is InChI=1S/C19H21N5/c1-12(2)17-16-15(8-20)11-24(10-14-6-5-7-21-9-14)19(16)23-18(22-17)13(3)4/h5-7,9,11-13H,10H2,1-4H3. The highest BCUT2D eigenvalue weighted by Crippen LogP contribution is 2.29. The van der Waals surface area contributed by atoms with Crippen LogP contribution in [0.25, 0.3) is 11.0 Å². The van der Waals surface area contributed by atoms with Crippen LogP contribution in [0.3, 0.4) is 0 Å². The van der Waals surface area contributed by atoms with Crippen LogP contribution in [-0.4, -0.2) is 19.5 Å². The predicted molar refractivity (Wildman–Crippen MR) is 93.8 cm³/mol. The average Bonchev–Trinajstić information content (AvgIpc) is 2.92. The molecule has 0 fully saturated rings. The minimum absolute atomic E-state index is 0.231. The zero-order valence-electron chi connectivity index (χ0n) is 14.5. The summed E-state index contributed by atoms with van der Waals surface area (Å²) < 4.78 is 2.03. The highest BCUT2D eigenvalue weighted by molar-refractivity contribution is 5.86. The molecular weight excluding hydrogens is 298 g/mol. The summed E-state index contributed by atoms with van der Waals surface area (Å²) in [4.78, 5) is 13.7. The normalized spacial score (nSPS) is 11.4. The first kappa shape index (κ1) is 16.1. The van der Waals surface area contributed by atoms with Crippen LogP contribution in [0, 0.1) is 11.3 Å². The highest BCUT2D eigenvalue weighted by Gasteiger charge is 2.20. The van der Waals surface area contributed by atoms with Crippen LogP contribution < -0.4 is 0 Å². The molecule has 5 heteroatoms. The third-order valence-electron chi connectivity index (χ3n) is 4.02. The number of nitrogens with zero attached hydrogens (tertiary/aromatic N) is 5. The quantitative estimate of drug-likeness (QED) is 0.729. The second-order valence-electron chi connectivity index (χ2n) is 6.62. The summed E-state index contributed by atoms with van der Waals surface area (Å²) in [6.07, 6.45) is 5.47. The molecular formula is C19H21N5. The van der Waals surface area contributed by atoms with Crippen LogP contribution in [0.2, 0.25) is 0 Å². The van der Waals surface area contributed by atoms with Gasteiger partial charge in [-0.25, -0.2) is 9.97 Å². The SMILES string of the molecule is CC(C)c1nc(C(C)C)c2c(C#N)cn(Cc3cccnc3)c2n1. The Labute approximate surface area is 142 Å². The van der Waals surface area contributed by atoms with Crippen molar-refractivity contribution >= 4 is 11.0 Å². The van der Waals surface area contributed by atoms with Crippen LogP contribution in [0.1, 0.15) is 62.2 Å². The van der Waals surface area contributed by atoms with Crippen molar-refractivity contribution in [3.8, 4) is 6.07 Å². The van der Waals surface area contributed by atoms with E-state index in [1.165, 1.54) is 0 Å². The molecule has 0 amide bonds. The molecule has 0 saturated carbocycles. The molecule has 0 radical (unpaired) electrons. The third-order valence-corrected chi connectivity index (χ3v) is 4.02. The van der Waals surface area contributed by atoms with Gasteiger partial charge in [0.05, 0.1) is 23.2 Å². The number of rotatable bonds is 4. The predicted octanol–water partition coefficient (Wildman–Crippen LogP) is 3.99. The van der Waals surface area contributed by atoms with Crippen molar-refractivity contribution in [2.75, 3.05) is 0 Å². The second-order valence-corrected chi connectivity index (χ2v) is 6.62. The molecule has 0 N–H and O–H groups in total. The first-order valence-electron chi connectivity index (χ1n) is 8.21. The molecule has 0 spiro atoms. The number of hydrogen-bond acceptors (Lipinski definition) is 4. The van der Waals surface area contributed by atoms with E-state index >= 15 is 0 Å². The van der Waals surface area contributed by atoms with E-state index < -0.39 is 0 Å². The Morgan fingerprint density at radius 3 is 2.54 bits per heavy atom. The summed E-state index contributed by atoms with van der Waals surface area (Å²) in [6, 6.07) is 6.25. The second kappa shape index (κ2) is 6.40. The zero-order chi connectivity index (χ0) is 17.3. The Morgan fingerprint density at radius 2 is 1.96 bits per heavy atom. The van der Waals surface area contributed by atoms with E-state index in [0.29, 0.717) is 12.1 Å². The van der Waals surface area contributed by atoms with Gasteiger partial charge in [-0.05, 0) is 17.5 Å². The number of hydrogen-bond donors (Lipinski definition) is 0. The molecule has 3 aromatic heterocycles. The fourth-order valence-corrected chi connectivity index (χ4v) is 2.80. The van der Waals surface area contributed by atoms with Gasteiger partial charge in [-0.3, -0.25) is 4.98 Å². The van der Waals surface area contributed by atoms with Crippen LogP contribution in [-0.2, 0) is 6.54 Å². The van der Waals surface area contributed by atoms with Crippen LogP contribution >= 0.6 is 0 Å². The van der Waals surface area contributed by atoms with E-state index in [1.807, 2.05) is 29.1 Å². The van der Waals surface area contributed by atoms with Crippen molar-refractivity contribution in [2.45, 2.75) is 46.1 Å². The lowest BCUT2D eigenvalue weighted by Crippen LogP contribution is -2.07. The van der Waals surface area contributed by atoms with E-state index in [2.05, 4.69) is 38.7 Å². The molecule has 0 aliphatic carbocycles. The Bertz CT molecular complexity index is 901. The molecule has 3 aromatic rings. The molecule has 5 nitrogen and oxygen atoms in total. The van der Waals surface area contributed by atoms with E-state index in [0.717, 1.165) is 28.1 Å². The van der Waals surface area contributed by atoms with Crippen LogP contribution in [0.15, 0.2) is 30.7 Å². The minimum atomic E-state index is 0.231. The summed E-state index contributed by atoms with van der Waals surface area (Å²) in [5.74, 6) is 1.29. The van der Waals surface area contributed by atoms with Crippen molar-refractivity contribution in [2.24, 2.45) is 0 Å². The molecule has 0 unspecified atom stereocenters. The number of fused-ring (bicyclic) bond motifs is 1. The van der Waals surface area contributed by atoms with E-state index in [1.54, 1.807) is 6.20 Å². The number of aromatic nitrogens is 4. The van der Waals surface area contributed by atoms with Gasteiger partial charge in [-0.15, -0.1) is 0 Å². The molecule has 3 rings (SSSR count). The van der Waals surface area contributed by atoms with E-state index in [-0.39, 0.29) is 11.8 Å². The van der Waals surface area contributed by atoms with Crippen LogP contribution in [0.4, 0.5) is 0 Å². The largest absolute Gasteiger partial charge is 0.327 e. The summed E-state index contributed by atoms with van der Waals surface area (Å²) in [6.45, 7) is 9.02. The van der Waals surface area contributed by atoms with Gasteiger partial charge in [-0.2, -0.15) is 5.26 Å². The Balaban J connectivity index is 2.25. The van der Waals surface area contributed by atoms with Gasteiger partial charge in [-0.1, -0.05) is 33.8 Å². The maximum atomic E-state index is 9.57. The molecule has 0 bridgehead atoms. The van der Waals surface area contributed by atoms with E-state index in [4.69, 9.17) is 9.97 Å². The smallest absolute Gasteiger partial charge is 0.145 e. The van der Waals surface area contributed by atoms with Gasteiger partial charge >= 0.3 is 0 Å². The molecule has 0 aromatic carbocycles. The summed E-state index contributed by atoms with van der Waals surface area (Å²) in [5, 5.41) is 10.4. The Kier molecular flexibility index (Phi) is 4.30. The van der Waals surface area contributed by atoms with E-state index in [9.17, 15) is 5.26 Å². The first-order valence-corrected chi connectivity index (χ1v) is 8.21. The number of nitriles is 1. The topological polar surface area (TPSA) is 67.4 Å².